The van der Waals surface area contributed by atoms with E-state index in [0.717, 1.165) is 0 Å². The Balaban J connectivity index is 2.71. The molecule has 4 N–H and O–H groups in total. The van der Waals surface area contributed by atoms with Crippen molar-refractivity contribution in [2.24, 2.45) is 11.5 Å². The minimum atomic E-state index is -0.559. The van der Waals surface area contributed by atoms with Crippen LogP contribution >= 0.6 is 0 Å². The standard InChI is InChI=1S/C9H20N2O2/c1-5(10)7-8(6(2)11)13-9(3,4)12-7/h5-8H,10-11H2,1-4H3/t5-,6-,7?,8?/m0/s1. The lowest BCUT2D eigenvalue weighted by atomic mass is 10.0. The number of rotatable bonds is 2. The van der Waals surface area contributed by atoms with E-state index in [1.807, 2.05) is 27.7 Å². The summed E-state index contributed by atoms with van der Waals surface area (Å²) in [4.78, 5) is 0. The van der Waals surface area contributed by atoms with Gasteiger partial charge in [0.2, 0.25) is 0 Å². The molecule has 0 amide bonds. The monoisotopic (exact) mass is 188 g/mol. The second kappa shape index (κ2) is 3.53. The van der Waals surface area contributed by atoms with Crippen molar-refractivity contribution in [2.75, 3.05) is 0 Å². The zero-order valence-corrected chi connectivity index (χ0v) is 8.78. The smallest absolute Gasteiger partial charge is 0.163 e. The van der Waals surface area contributed by atoms with Crippen LogP contribution in [0, 0.1) is 0 Å². The van der Waals surface area contributed by atoms with Crippen LogP contribution < -0.4 is 11.5 Å². The second-order valence-electron chi connectivity index (χ2n) is 4.28. The summed E-state index contributed by atoms with van der Waals surface area (Å²) in [5.41, 5.74) is 11.6. The fourth-order valence-corrected chi connectivity index (χ4v) is 1.63. The van der Waals surface area contributed by atoms with Crippen LogP contribution in [0.15, 0.2) is 0 Å². The zero-order chi connectivity index (χ0) is 10.2. The molecule has 4 heteroatoms. The van der Waals surface area contributed by atoms with Gasteiger partial charge in [-0.1, -0.05) is 0 Å². The van der Waals surface area contributed by atoms with Crippen molar-refractivity contribution in [1.29, 1.82) is 0 Å². The SMILES string of the molecule is C[C@H](N)C1OC(C)(C)OC1[C@H](C)N. The van der Waals surface area contributed by atoms with Gasteiger partial charge in [-0.15, -0.1) is 0 Å². The highest BCUT2D eigenvalue weighted by Crippen LogP contribution is 2.30. The topological polar surface area (TPSA) is 70.5 Å². The first kappa shape index (κ1) is 10.9. The van der Waals surface area contributed by atoms with Gasteiger partial charge in [0.15, 0.2) is 5.79 Å². The lowest BCUT2D eigenvalue weighted by Crippen LogP contribution is -2.46. The van der Waals surface area contributed by atoms with Gasteiger partial charge in [0.25, 0.3) is 0 Å². The molecule has 0 aromatic rings. The third kappa shape index (κ3) is 2.40. The Hall–Kier alpha value is -0.160. The summed E-state index contributed by atoms with van der Waals surface area (Å²) >= 11 is 0. The van der Waals surface area contributed by atoms with Crippen molar-refractivity contribution in [3.63, 3.8) is 0 Å². The van der Waals surface area contributed by atoms with Crippen molar-refractivity contribution in [3.8, 4) is 0 Å². The Morgan fingerprint density at radius 3 is 1.54 bits per heavy atom. The molecule has 1 heterocycles. The molecule has 78 valence electrons. The summed E-state index contributed by atoms with van der Waals surface area (Å²) < 4.78 is 11.3. The highest BCUT2D eigenvalue weighted by molar-refractivity contribution is 4.90. The molecule has 1 aliphatic rings. The molecule has 1 aliphatic heterocycles. The Morgan fingerprint density at radius 1 is 1.00 bits per heavy atom. The highest BCUT2D eigenvalue weighted by atomic mass is 16.8. The number of hydrogen-bond acceptors (Lipinski definition) is 4. The number of hydrogen-bond donors (Lipinski definition) is 2. The van der Waals surface area contributed by atoms with E-state index in [4.69, 9.17) is 20.9 Å². The fraction of sp³-hybridized carbons (Fsp3) is 1.00. The first-order valence-electron chi connectivity index (χ1n) is 4.70. The van der Waals surface area contributed by atoms with Gasteiger partial charge < -0.3 is 20.9 Å². The van der Waals surface area contributed by atoms with Crippen LogP contribution in [0.25, 0.3) is 0 Å². The summed E-state index contributed by atoms with van der Waals surface area (Å²) in [7, 11) is 0. The van der Waals surface area contributed by atoms with Crippen molar-refractivity contribution in [3.05, 3.63) is 0 Å². The van der Waals surface area contributed by atoms with Gasteiger partial charge in [-0.3, -0.25) is 0 Å². The van der Waals surface area contributed by atoms with Crippen molar-refractivity contribution < 1.29 is 9.47 Å². The first-order chi connectivity index (χ1) is 5.83. The molecule has 4 nitrogen and oxygen atoms in total. The average Bonchev–Trinajstić information content (AvgIpc) is 2.26. The van der Waals surface area contributed by atoms with Gasteiger partial charge >= 0.3 is 0 Å². The normalized spacial score (nSPS) is 37.4. The third-order valence-corrected chi connectivity index (χ3v) is 2.20. The van der Waals surface area contributed by atoms with Gasteiger partial charge in [-0.2, -0.15) is 0 Å². The minimum Gasteiger partial charge on any atom is -0.343 e. The van der Waals surface area contributed by atoms with E-state index in [1.165, 1.54) is 0 Å². The van der Waals surface area contributed by atoms with E-state index in [-0.39, 0.29) is 24.3 Å². The van der Waals surface area contributed by atoms with Crippen LogP contribution in [0.2, 0.25) is 0 Å². The van der Waals surface area contributed by atoms with E-state index in [1.54, 1.807) is 0 Å². The molecule has 1 saturated heterocycles. The quantitative estimate of drug-likeness (QED) is 0.649. The van der Waals surface area contributed by atoms with E-state index < -0.39 is 5.79 Å². The molecule has 13 heavy (non-hydrogen) atoms. The number of ether oxygens (including phenoxy) is 2. The maximum Gasteiger partial charge on any atom is 0.163 e. The van der Waals surface area contributed by atoms with Crippen LogP contribution in [0.1, 0.15) is 27.7 Å². The van der Waals surface area contributed by atoms with Gasteiger partial charge in [0.1, 0.15) is 12.2 Å². The first-order valence-corrected chi connectivity index (χ1v) is 4.70. The molecular weight excluding hydrogens is 168 g/mol. The van der Waals surface area contributed by atoms with Crippen LogP contribution in [-0.2, 0) is 9.47 Å². The molecule has 0 spiro atoms. The minimum absolute atomic E-state index is 0.0576. The number of nitrogens with two attached hydrogens (primary N) is 2. The summed E-state index contributed by atoms with van der Waals surface area (Å²) in [6.45, 7) is 7.57. The van der Waals surface area contributed by atoms with Crippen molar-refractivity contribution >= 4 is 0 Å². The molecule has 0 aliphatic carbocycles. The van der Waals surface area contributed by atoms with Crippen LogP contribution in [-0.4, -0.2) is 30.1 Å². The predicted molar refractivity (Wildman–Crippen MR) is 51.1 cm³/mol. The van der Waals surface area contributed by atoms with Gasteiger partial charge in [0.05, 0.1) is 0 Å². The molecule has 0 radical (unpaired) electrons. The predicted octanol–water partition coefficient (Wildman–Crippen LogP) is 0.201. The van der Waals surface area contributed by atoms with Gasteiger partial charge in [-0.05, 0) is 27.7 Å². The van der Waals surface area contributed by atoms with E-state index >= 15 is 0 Å². The van der Waals surface area contributed by atoms with Gasteiger partial charge in [0, 0.05) is 12.1 Å². The van der Waals surface area contributed by atoms with E-state index in [2.05, 4.69) is 0 Å². The zero-order valence-electron chi connectivity index (χ0n) is 8.78. The second-order valence-corrected chi connectivity index (χ2v) is 4.28. The lowest BCUT2D eigenvalue weighted by molar-refractivity contribution is -0.148. The highest BCUT2D eigenvalue weighted by Gasteiger charge is 2.44. The lowest BCUT2D eigenvalue weighted by Gasteiger charge is -2.22. The Bertz CT molecular complexity index is 162. The van der Waals surface area contributed by atoms with E-state index in [0.29, 0.717) is 0 Å². The summed E-state index contributed by atoms with van der Waals surface area (Å²) in [6, 6.07) is -0.115. The Labute approximate surface area is 79.6 Å². The average molecular weight is 188 g/mol. The van der Waals surface area contributed by atoms with Crippen molar-refractivity contribution in [2.45, 2.75) is 57.8 Å². The van der Waals surface area contributed by atoms with Crippen LogP contribution in [0.3, 0.4) is 0 Å². The molecule has 1 rings (SSSR count). The molecule has 0 aromatic carbocycles. The molecule has 1 fully saturated rings. The molecule has 0 saturated carbocycles. The van der Waals surface area contributed by atoms with Gasteiger partial charge in [-0.25, -0.2) is 0 Å². The Morgan fingerprint density at radius 2 is 1.31 bits per heavy atom. The fourth-order valence-electron chi connectivity index (χ4n) is 1.63. The summed E-state index contributed by atoms with van der Waals surface area (Å²) in [6.07, 6.45) is -0.204. The maximum atomic E-state index is 5.79. The molecule has 0 bridgehead atoms. The largest absolute Gasteiger partial charge is 0.343 e. The third-order valence-electron chi connectivity index (χ3n) is 2.20. The summed E-state index contributed by atoms with van der Waals surface area (Å²) in [5.74, 6) is -0.559. The Kier molecular flexibility index (Phi) is 2.97. The van der Waals surface area contributed by atoms with Crippen LogP contribution in [0.4, 0.5) is 0 Å². The maximum absolute atomic E-state index is 5.79. The van der Waals surface area contributed by atoms with Crippen LogP contribution in [0.5, 0.6) is 0 Å². The molecule has 4 atom stereocenters. The molecule has 0 aromatic heterocycles. The van der Waals surface area contributed by atoms with E-state index in [9.17, 15) is 0 Å². The molecule has 2 unspecified atom stereocenters. The van der Waals surface area contributed by atoms with Crippen molar-refractivity contribution in [1.82, 2.24) is 0 Å². The molecular formula is C9H20N2O2. The summed E-state index contributed by atoms with van der Waals surface area (Å²) in [5, 5.41) is 0.